The molecule has 2 aromatic heterocycles. The molecule has 0 fully saturated rings. The molecule has 0 saturated heterocycles. The van der Waals surface area contributed by atoms with E-state index in [0.717, 1.165) is 18.3 Å². The molecule has 4 aromatic rings. The molecule has 0 aliphatic heterocycles. The van der Waals surface area contributed by atoms with E-state index in [9.17, 15) is 13.6 Å². The van der Waals surface area contributed by atoms with Crippen LogP contribution in [0, 0.1) is 11.6 Å². The van der Waals surface area contributed by atoms with Crippen molar-refractivity contribution in [2.24, 2.45) is 5.10 Å². The van der Waals surface area contributed by atoms with Gasteiger partial charge in [-0.15, -0.1) is 0 Å². The van der Waals surface area contributed by atoms with Crippen LogP contribution in [0.1, 0.15) is 15.9 Å². The van der Waals surface area contributed by atoms with Gasteiger partial charge < -0.3 is 4.42 Å². The molecule has 1 amide bonds. The number of nitrogens with zero attached hydrogens (tertiary/aromatic N) is 2. The van der Waals surface area contributed by atoms with Gasteiger partial charge >= 0.3 is 0 Å². The van der Waals surface area contributed by atoms with Crippen molar-refractivity contribution >= 4 is 23.0 Å². The van der Waals surface area contributed by atoms with E-state index in [-0.39, 0.29) is 5.56 Å². The Bertz CT molecular complexity index is 1190. The number of para-hydroxylation sites is 1. The number of amides is 1. The van der Waals surface area contributed by atoms with E-state index >= 15 is 0 Å². The minimum atomic E-state index is -0.771. The molecular weight excluding hydrogens is 364 g/mol. The second-order valence-electron chi connectivity index (χ2n) is 5.91. The van der Waals surface area contributed by atoms with Crippen LogP contribution in [0.25, 0.3) is 22.4 Å². The van der Waals surface area contributed by atoms with Crippen molar-refractivity contribution in [3.8, 4) is 11.5 Å². The third-order valence-electron chi connectivity index (χ3n) is 4.07. The number of furan rings is 1. The molecule has 0 saturated carbocycles. The Hall–Kier alpha value is -3.87. The van der Waals surface area contributed by atoms with Crippen LogP contribution < -0.4 is 5.43 Å². The summed E-state index contributed by atoms with van der Waals surface area (Å²) in [5.41, 5.74) is 3.88. The van der Waals surface area contributed by atoms with Gasteiger partial charge in [0.05, 0.1) is 23.6 Å². The van der Waals surface area contributed by atoms with E-state index in [1.165, 1.54) is 12.3 Å². The molecular formula is C21H13F2N3O2. The average molecular weight is 377 g/mol. The number of nitrogens with one attached hydrogen (secondary N) is 1. The molecule has 28 heavy (non-hydrogen) atoms. The zero-order valence-corrected chi connectivity index (χ0v) is 14.4. The zero-order chi connectivity index (χ0) is 19.5. The van der Waals surface area contributed by atoms with Crippen LogP contribution in [-0.2, 0) is 0 Å². The molecule has 1 N–H and O–H groups in total. The van der Waals surface area contributed by atoms with E-state index in [1.54, 1.807) is 36.4 Å². The minimum Gasteiger partial charge on any atom is -0.463 e. The number of rotatable bonds is 4. The number of halogens is 2. The van der Waals surface area contributed by atoms with Crippen LogP contribution in [0.2, 0.25) is 0 Å². The molecule has 7 heteroatoms. The first-order valence-corrected chi connectivity index (χ1v) is 8.34. The van der Waals surface area contributed by atoms with E-state index in [0.29, 0.717) is 27.9 Å². The summed E-state index contributed by atoms with van der Waals surface area (Å²) in [7, 11) is 0. The Morgan fingerprint density at radius 1 is 1.07 bits per heavy atom. The van der Waals surface area contributed by atoms with Crippen LogP contribution in [0.3, 0.4) is 0 Å². The first-order valence-electron chi connectivity index (χ1n) is 8.34. The Morgan fingerprint density at radius 2 is 1.93 bits per heavy atom. The Labute approximate surface area is 158 Å². The molecule has 138 valence electrons. The maximum Gasteiger partial charge on any atom is 0.272 e. The van der Waals surface area contributed by atoms with Gasteiger partial charge in [0.2, 0.25) is 0 Å². The maximum absolute atomic E-state index is 13.7. The van der Waals surface area contributed by atoms with Crippen LogP contribution in [0.15, 0.2) is 76.4 Å². The molecule has 0 atom stereocenters. The number of benzene rings is 2. The van der Waals surface area contributed by atoms with Crippen molar-refractivity contribution in [2.75, 3.05) is 0 Å². The Kier molecular flexibility index (Phi) is 4.63. The first-order chi connectivity index (χ1) is 13.6. The summed E-state index contributed by atoms with van der Waals surface area (Å²) in [6.45, 7) is 0. The zero-order valence-electron chi connectivity index (χ0n) is 14.4. The maximum atomic E-state index is 13.7. The molecule has 2 aromatic carbocycles. The topological polar surface area (TPSA) is 67.5 Å². The molecule has 2 heterocycles. The highest BCUT2D eigenvalue weighted by molar-refractivity contribution is 6.07. The van der Waals surface area contributed by atoms with Crippen molar-refractivity contribution in [3.05, 3.63) is 89.7 Å². The summed E-state index contributed by atoms with van der Waals surface area (Å²) >= 11 is 0. The van der Waals surface area contributed by atoms with Gasteiger partial charge in [-0.25, -0.2) is 19.2 Å². The monoisotopic (exact) mass is 377 g/mol. The standard InChI is InChI=1S/C21H13F2N3O2/c22-14-8-7-13(17(23)10-14)12-24-26-21(27)16-11-19(20-6-3-9-28-20)25-18-5-2-1-4-15(16)18/h1-12H,(H,26,27)/b24-12-. The largest absolute Gasteiger partial charge is 0.463 e. The normalized spacial score (nSPS) is 11.2. The summed E-state index contributed by atoms with van der Waals surface area (Å²) in [5.74, 6) is -1.43. The predicted molar refractivity (Wildman–Crippen MR) is 101 cm³/mol. The second-order valence-corrected chi connectivity index (χ2v) is 5.91. The van der Waals surface area contributed by atoms with Crippen molar-refractivity contribution in [2.45, 2.75) is 0 Å². The van der Waals surface area contributed by atoms with E-state index in [1.807, 2.05) is 6.07 Å². The van der Waals surface area contributed by atoms with Gasteiger partial charge in [-0.2, -0.15) is 5.10 Å². The van der Waals surface area contributed by atoms with Crippen molar-refractivity contribution in [3.63, 3.8) is 0 Å². The molecule has 5 nitrogen and oxygen atoms in total. The number of fused-ring (bicyclic) bond motifs is 1. The van der Waals surface area contributed by atoms with Gasteiger partial charge in [-0.05, 0) is 36.4 Å². The number of pyridine rings is 1. The fourth-order valence-electron chi connectivity index (χ4n) is 2.74. The van der Waals surface area contributed by atoms with Crippen LogP contribution in [0.4, 0.5) is 8.78 Å². The van der Waals surface area contributed by atoms with Crippen molar-refractivity contribution in [1.82, 2.24) is 10.4 Å². The third-order valence-corrected chi connectivity index (χ3v) is 4.07. The number of carbonyl (C=O) groups excluding carboxylic acids is 1. The molecule has 0 aliphatic carbocycles. The van der Waals surface area contributed by atoms with Crippen molar-refractivity contribution < 1.29 is 18.0 Å². The summed E-state index contributed by atoms with van der Waals surface area (Å²) < 4.78 is 32.0. The fraction of sp³-hybridized carbons (Fsp3) is 0. The second kappa shape index (κ2) is 7.40. The van der Waals surface area contributed by atoms with Gasteiger partial charge in [0, 0.05) is 17.0 Å². The van der Waals surface area contributed by atoms with Crippen molar-refractivity contribution in [1.29, 1.82) is 0 Å². The first kappa shape index (κ1) is 17.5. The van der Waals surface area contributed by atoms with Gasteiger partial charge in [0.1, 0.15) is 17.3 Å². The highest BCUT2D eigenvalue weighted by atomic mass is 19.1. The summed E-state index contributed by atoms with van der Waals surface area (Å²) in [6, 6.07) is 15.3. The number of hydrogen-bond acceptors (Lipinski definition) is 4. The average Bonchev–Trinajstić information content (AvgIpc) is 3.23. The van der Waals surface area contributed by atoms with E-state index in [4.69, 9.17) is 4.42 Å². The molecule has 0 spiro atoms. The minimum absolute atomic E-state index is 0.0533. The number of hydrogen-bond donors (Lipinski definition) is 1. The van der Waals surface area contributed by atoms with E-state index in [2.05, 4.69) is 15.5 Å². The van der Waals surface area contributed by atoms with Gasteiger partial charge in [0.25, 0.3) is 5.91 Å². The smallest absolute Gasteiger partial charge is 0.272 e. The molecule has 0 radical (unpaired) electrons. The predicted octanol–water partition coefficient (Wildman–Crippen LogP) is 4.54. The van der Waals surface area contributed by atoms with Gasteiger partial charge in [-0.3, -0.25) is 4.79 Å². The molecule has 4 rings (SSSR count). The fourth-order valence-corrected chi connectivity index (χ4v) is 2.74. The highest BCUT2D eigenvalue weighted by Gasteiger charge is 2.14. The lowest BCUT2D eigenvalue weighted by Crippen LogP contribution is -2.18. The lowest BCUT2D eigenvalue weighted by atomic mass is 10.1. The highest BCUT2D eigenvalue weighted by Crippen LogP contribution is 2.25. The lowest BCUT2D eigenvalue weighted by Gasteiger charge is -2.07. The molecule has 0 unspecified atom stereocenters. The van der Waals surface area contributed by atoms with Gasteiger partial charge in [0.15, 0.2) is 5.76 Å². The number of aromatic nitrogens is 1. The summed E-state index contributed by atoms with van der Waals surface area (Å²) in [4.78, 5) is 17.2. The van der Waals surface area contributed by atoms with Crippen LogP contribution in [-0.4, -0.2) is 17.1 Å². The molecule has 0 aliphatic rings. The van der Waals surface area contributed by atoms with Crippen LogP contribution >= 0.6 is 0 Å². The molecule has 0 bridgehead atoms. The summed E-state index contributed by atoms with van der Waals surface area (Å²) in [6.07, 6.45) is 2.64. The quantitative estimate of drug-likeness (QED) is 0.419. The van der Waals surface area contributed by atoms with Crippen LogP contribution in [0.5, 0.6) is 0 Å². The Balaban J connectivity index is 1.65. The van der Waals surface area contributed by atoms with Gasteiger partial charge in [-0.1, -0.05) is 18.2 Å². The van der Waals surface area contributed by atoms with E-state index < -0.39 is 17.5 Å². The third kappa shape index (κ3) is 3.50. The number of carbonyl (C=O) groups is 1. The number of hydrazone groups is 1. The SMILES string of the molecule is O=C(N/N=C\c1ccc(F)cc1F)c1cc(-c2ccco2)nc2ccccc12. The Morgan fingerprint density at radius 3 is 2.71 bits per heavy atom. The lowest BCUT2D eigenvalue weighted by molar-refractivity contribution is 0.0956. The summed E-state index contributed by atoms with van der Waals surface area (Å²) in [5, 5.41) is 4.41.